The Morgan fingerprint density at radius 3 is 2.40 bits per heavy atom. The van der Waals surface area contributed by atoms with Crippen LogP contribution in [0, 0.1) is 5.41 Å². The van der Waals surface area contributed by atoms with Gasteiger partial charge in [-0.15, -0.1) is 0 Å². The first kappa shape index (κ1) is 16.6. The summed E-state index contributed by atoms with van der Waals surface area (Å²) in [6.07, 6.45) is -0.959. The molecular weight excluding hydrogens is 264 g/mol. The van der Waals surface area contributed by atoms with Crippen molar-refractivity contribution >= 4 is 5.97 Å². The Balaban J connectivity index is 2.82. The van der Waals surface area contributed by atoms with Gasteiger partial charge in [0, 0.05) is 11.0 Å². The molecule has 0 amide bonds. The van der Waals surface area contributed by atoms with E-state index in [0.29, 0.717) is 6.42 Å². The minimum Gasteiger partial charge on any atom is -0.478 e. The van der Waals surface area contributed by atoms with Gasteiger partial charge < -0.3 is 25.2 Å². The highest BCUT2D eigenvalue weighted by Gasteiger charge is 2.29. The molecule has 0 saturated carbocycles. The van der Waals surface area contributed by atoms with Crippen LogP contribution in [-0.4, -0.2) is 46.2 Å². The van der Waals surface area contributed by atoms with Crippen LogP contribution in [0.1, 0.15) is 35.6 Å². The van der Waals surface area contributed by atoms with Gasteiger partial charge in [-0.2, -0.15) is 0 Å². The maximum atomic E-state index is 11.0. The molecule has 0 spiro atoms. The predicted octanol–water partition coefficient (Wildman–Crippen LogP) is 0.773. The Bertz CT molecular complexity index is 433. The van der Waals surface area contributed by atoms with Crippen LogP contribution in [-0.2, 0) is 4.74 Å². The molecule has 112 valence electrons. The molecule has 4 N–H and O–H groups in total. The van der Waals surface area contributed by atoms with E-state index in [1.54, 1.807) is 19.1 Å². The zero-order valence-electron chi connectivity index (χ0n) is 11.3. The third-order valence-corrected chi connectivity index (χ3v) is 3.43. The molecule has 20 heavy (non-hydrogen) atoms. The lowest BCUT2D eigenvalue weighted by Crippen LogP contribution is -2.35. The van der Waals surface area contributed by atoms with Gasteiger partial charge in [0.15, 0.2) is 6.29 Å². The van der Waals surface area contributed by atoms with Gasteiger partial charge in [0.2, 0.25) is 0 Å². The van der Waals surface area contributed by atoms with Crippen LogP contribution in [0.2, 0.25) is 0 Å². The van der Waals surface area contributed by atoms with E-state index in [4.69, 9.17) is 9.84 Å². The van der Waals surface area contributed by atoms with Gasteiger partial charge in [0.1, 0.15) is 0 Å². The molecule has 0 saturated heterocycles. The summed E-state index contributed by atoms with van der Waals surface area (Å²) in [5.74, 6) is -1.16. The average molecular weight is 284 g/mol. The Labute approximate surface area is 117 Å². The van der Waals surface area contributed by atoms with E-state index in [-0.39, 0.29) is 30.9 Å². The molecule has 1 aromatic rings. The van der Waals surface area contributed by atoms with Crippen LogP contribution < -0.4 is 0 Å². The maximum Gasteiger partial charge on any atom is 0.336 e. The second-order valence-corrected chi connectivity index (χ2v) is 4.73. The highest BCUT2D eigenvalue weighted by atomic mass is 16.6. The van der Waals surface area contributed by atoms with E-state index in [1.165, 1.54) is 12.1 Å². The summed E-state index contributed by atoms with van der Waals surface area (Å²) < 4.78 is 5.23. The topological polar surface area (TPSA) is 107 Å². The number of carbonyl (C=O) groups is 1. The summed E-state index contributed by atoms with van der Waals surface area (Å²) in [7, 11) is 0. The minimum absolute atomic E-state index is 0.0462. The summed E-state index contributed by atoms with van der Waals surface area (Å²) >= 11 is 0. The molecule has 0 aromatic heterocycles. The highest BCUT2D eigenvalue weighted by molar-refractivity contribution is 5.89. The molecule has 0 bridgehead atoms. The number of aromatic carboxylic acids is 1. The minimum atomic E-state index is -1.42. The molecule has 1 aromatic carbocycles. The van der Waals surface area contributed by atoms with E-state index in [2.05, 4.69) is 0 Å². The standard InChI is InChI=1S/C14H20O6/c1-2-14(7-15,8-16)9-20-13(19)11-6-4-3-5-10(11)12(17)18/h3-6,13,15-16,19H,2,7-9H2,1H3,(H,17,18). The Morgan fingerprint density at radius 2 is 1.90 bits per heavy atom. The van der Waals surface area contributed by atoms with Gasteiger partial charge in [-0.1, -0.05) is 25.1 Å². The van der Waals surface area contributed by atoms with Crippen molar-refractivity contribution in [2.45, 2.75) is 19.6 Å². The Hall–Kier alpha value is -1.47. The van der Waals surface area contributed by atoms with Crippen molar-refractivity contribution in [2.75, 3.05) is 19.8 Å². The van der Waals surface area contributed by atoms with Crippen LogP contribution in [0.25, 0.3) is 0 Å². The van der Waals surface area contributed by atoms with Crippen molar-refractivity contribution < 1.29 is 30.0 Å². The fourth-order valence-corrected chi connectivity index (χ4v) is 1.72. The lowest BCUT2D eigenvalue weighted by atomic mass is 9.88. The summed E-state index contributed by atoms with van der Waals surface area (Å²) in [4.78, 5) is 11.0. The zero-order valence-corrected chi connectivity index (χ0v) is 11.3. The van der Waals surface area contributed by atoms with Crippen LogP contribution in [0.15, 0.2) is 24.3 Å². The monoisotopic (exact) mass is 284 g/mol. The van der Waals surface area contributed by atoms with E-state index < -0.39 is 17.7 Å². The highest BCUT2D eigenvalue weighted by Crippen LogP contribution is 2.25. The van der Waals surface area contributed by atoms with Crippen molar-refractivity contribution in [1.29, 1.82) is 0 Å². The molecule has 0 heterocycles. The quantitative estimate of drug-likeness (QED) is 0.525. The fourth-order valence-electron chi connectivity index (χ4n) is 1.72. The summed E-state index contributed by atoms with van der Waals surface area (Å²) in [6, 6.07) is 5.98. The normalized spacial score (nSPS) is 13.2. The smallest absolute Gasteiger partial charge is 0.336 e. The third-order valence-electron chi connectivity index (χ3n) is 3.43. The lowest BCUT2D eigenvalue weighted by molar-refractivity contribution is -0.145. The molecule has 1 rings (SSSR count). The average Bonchev–Trinajstić information content (AvgIpc) is 2.49. The molecule has 0 radical (unpaired) electrons. The summed E-state index contributed by atoms with van der Waals surface area (Å²) in [5, 5.41) is 37.6. The van der Waals surface area contributed by atoms with Crippen molar-refractivity contribution in [3.8, 4) is 0 Å². The summed E-state index contributed by atoms with van der Waals surface area (Å²) in [6.45, 7) is 1.14. The Kier molecular flexibility index (Phi) is 6.09. The third kappa shape index (κ3) is 3.77. The molecule has 0 fully saturated rings. The van der Waals surface area contributed by atoms with E-state index in [9.17, 15) is 20.1 Å². The van der Waals surface area contributed by atoms with Gasteiger partial charge in [0.25, 0.3) is 0 Å². The predicted molar refractivity (Wildman–Crippen MR) is 71.2 cm³/mol. The first-order chi connectivity index (χ1) is 9.49. The van der Waals surface area contributed by atoms with E-state index >= 15 is 0 Å². The molecule has 1 atom stereocenters. The zero-order chi connectivity index (χ0) is 15.2. The lowest BCUT2D eigenvalue weighted by Gasteiger charge is -2.29. The molecule has 6 heteroatoms. The summed E-state index contributed by atoms with van der Waals surface area (Å²) in [5.41, 5.74) is -0.755. The molecule has 0 aliphatic rings. The molecule has 1 unspecified atom stereocenters. The van der Waals surface area contributed by atoms with Crippen LogP contribution in [0.4, 0.5) is 0 Å². The van der Waals surface area contributed by atoms with Crippen molar-refractivity contribution in [2.24, 2.45) is 5.41 Å². The largest absolute Gasteiger partial charge is 0.478 e. The fraction of sp³-hybridized carbons (Fsp3) is 0.500. The number of ether oxygens (including phenoxy) is 1. The van der Waals surface area contributed by atoms with Crippen molar-refractivity contribution in [1.82, 2.24) is 0 Å². The number of rotatable bonds is 8. The second kappa shape index (κ2) is 7.35. The molecule has 6 nitrogen and oxygen atoms in total. The van der Waals surface area contributed by atoms with Gasteiger partial charge in [-0.05, 0) is 12.5 Å². The SMILES string of the molecule is CCC(CO)(CO)COC(O)c1ccccc1C(=O)O. The number of carboxylic acids is 1. The van der Waals surface area contributed by atoms with Crippen LogP contribution >= 0.6 is 0 Å². The maximum absolute atomic E-state index is 11.0. The van der Waals surface area contributed by atoms with Gasteiger partial charge in [-0.25, -0.2) is 4.79 Å². The van der Waals surface area contributed by atoms with Crippen LogP contribution in [0.5, 0.6) is 0 Å². The number of hydrogen-bond acceptors (Lipinski definition) is 5. The molecule has 0 aliphatic carbocycles. The van der Waals surface area contributed by atoms with Crippen molar-refractivity contribution in [3.05, 3.63) is 35.4 Å². The number of hydrogen-bond donors (Lipinski definition) is 4. The van der Waals surface area contributed by atoms with E-state index in [1.807, 2.05) is 0 Å². The van der Waals surface area contributed by atoms with E-state index in [0.717, 1.165) is 0 Å². The number of aliphatic hydroxyl groups excluding tert-OH is 3. The van der Waals surface area contributed by atoms with Crippen molar-refractivity contribution in [3.63, 3.8) is 0 Å². The van der Waals surface area contributed by atoms with Crippen LogP contribution in [0.3, 0.4) is 0 Å². The molecular formula is C14H20O6. The number of carboxylic acid groups (broad SMARTS) is 1. The molecule has 0 aliphatic heterocycles. The number of aliphatic hydroxyl groups is 3. The second-order valence-electron chi connectivity index (χ2n) is 4.73. The first-order valence-corrected chi connectivity index (χ1v) is 6.33. The first-order valence-electron chi connectivity index (χ1n) is 6.33. The number of benzene rings is 1. The Morgan fingerprint density at radius 1 is 1.30 bits per heavy atom. The van der Waals surface area contributed by atoms with Gasteiger partial charge >= 0.3 is 5.97 Å². The van der Waals surface area contributed by atoms with Gasteiger partial charge in [0.05, 0.1) is 25.4 Å². The van der Waals surface area contributed by atoms with Gasteiger partial charge in [-0.3, -0.25) is 0 Å².